The molecule has 3 unspecified atom stereocenters. The highest BCUT2D eigenvalue weighted by atomic mass is 19.4. The summed E-state index contributed by atoms with van der Waals surface area (Å²) in [7, 11) is -0.717. The minimum absolute atomic E-state index is 0.0440. The summed E-state index contributed by atoms with van der Waals surface area (Å²) in [6, 6.07) is 9.03. The largest absolute Gasteiger partial charge is 0.481 e. The Morgan fingerprint density at radius 2 is 1.81 bits per heavy atom. The van der Waals surface area contributed by atoms with Gasteiger partial charge in [-0.3, -0.25) is 14.2 Å². The molecule has 7 atom stereocenters. The first-order valence-corrected chi connectivity index (χ1v) is 19.4. The SMILES string of the molecule is CCOC(=O)c1ccc(NC(=O)N[C@]2(C)C[C@@H](C(=O)N[C@@H](CC)B3OC4C5CC(C[C@]4(C)O3)C5(C)C)n3c2ncc(NCc2cccc(C(F)(F)F)c2)c3=O)cc1. The zero-order chi connectivity index (χ0) is 41.1. The van der Waals surface area contributed by atoms with Gasteiger partial charge in [0.05, 0.1) is 47.1 Å². The second-order valence-corrected chi connectivity index (χ2v) is 16.6. The molecule has 13 nitrogen and oxygen atoms in total. The number of nitrogens with one attached hydrogen (secondary N) is 4. The first-order valence-electron chi connectivity index (χ1n) is 19.4. The number of benzene rings is 2. The fourth-order valence-corrected chi connectivity index (χ4v) is 9.10. The predicted octanol–water partition coefficient (Wildman–Crippen LogP) is 6.19. The van der Waals surface area contributed by atoms with Gasteiger partial charge in [0.2, 0.25) is 5.91 Å². The van der Waals surface area contributed by atoms with Crippen LogP contribution in [0.1, 0.15) is 101 Å². The van der Waals surface area contributed by atoms with Gasteiger partial charge >= 0.3 is 25.3 Å². The van der Waals surface area contributed by atoms with Crippen molar-refractivity contribution in [2.75, 3.05) is 17.2 Å². The Labute approximate surface area is 329 Å². The highest BCUT2D eigenvalue weighted by molar-refractivity contribution is 6.47. The smallest absolute Gasteiger partial charge is 0.462 e. The molecule has 3 heterocycles. The van der Waals surface area contributed by atoms with Gasteiger partial charge in [-0.05, 0) is 99.2 Å². The topological polar surface area (TPSA) is 162 Å². The molecule has 4 N–H and O–H groups in total. The van der Waals surface area contributed by atoms with E-state index < -0.39 is 65.4 Å². The first kappa shape index (κ1) is 40.3. The van der Waals surface area contributed by atoms with Crippen LogP contribution in [0.2, 0.25) is 0 Å². The number of hydrogen-bond acceptors (Lipinski definition) is 9. The Morgan fingerprint density at radius 3 is 2.47 bits per heavy atom. The summed E-state index contributed by atoms with van der Waals surface area (Å²) in [5, 5.41) is 11.6. The average Bonchev–Trinajstić information content (AvgIpc) is 3.67. The second-order valence-electron chi connectivity index (χ2n) is 16.6. The number of anilines is 2. The molecule has 5 aliphatic rings. The molecule has 1 aromatic heterocycles. The van der Waals surface area contributed by atoms with Crippen LogP contribution in [-0.2, 0) is 37.1 Å². The fraction of sp³-hybridized carbons (Fsp3) is 0.525. The molecule has 57 heavy (non-hydrogen) atoms. The summed E-state index contributed by atoms with van der Waals surface area (Å²) >= 11 is 0. The molecule has 4 fully saturated rings. The Kier molecular flexibility index (Phi) is 10.5. The second kappa shape index (κ2) is 14.8. The zero-order valence-corrected chi connectivity index (χ0v) is 32.8. The van der Waals surface area contributed by atoms with E-state index in [2.05, 4.69) is 47.0 Å². The molecule has 3 saturated carbocycles. The molecule has 2 bridgehead atoms. The molecule has 1 saturated heterocycles. The van der Waals surface area contributed by atoms with Gasteiger partial charge in [0.25, 0.3) is 5.56 Å². The van der Waals surface area contributed by atoms with Crippen LogP contribution < -0.4 is 26.8 Å². The monoisotopic (exact) mass is 792 g/mol. The van der Waals surface area contributed by atoms with Crippen LogP contribution in [0.5, 0.6) is 0 Å². The number of halogens is 3. The van der Waals surface area contributed by atoms with E-state index in [-0.39, 0.29) is 48.2 Å². The van der Waals surface area contributed by atoms with E-state index in [1.54, 1.807) is 13.8 Å². The summed E-state index contributed by atoms with van der Waals surface area (Å²) in [6.45, 7) is 11.9. The van der Waals surface area contributed by atoms with Gasteiger partial charge in [0.1, 0.15) is 17.6 Å². The van der Waals surface area contributed by atoms with Crippen molar-refractivity contribution in [1.29, 1.82) is 0 Å². The zero-order valence-electron chi connectivity index (χ0n) is 32.8. The van der Waals surface area contributed by atoms with Crippen LogP contribution in [0.15, 0.2) is 59.5 Å². The summed E-state index contributed by atoms with van der Waals surface area (Å²) in [5.41, 5.74) is -2.25. The molecular formula is C40H48BF3N6O7. The van der Waals surface area contributed by atoms with E-state index >= 15 is 0 Å². The highest BCUT2D eigenvalue weighted by Gasteiger charge is 2.67. The lowest BCUT2D eigenvalue weighted by molar-refractivity contribution is -0.185. The molecule has 0 spiro atoms. The summed E-state index contributed by atoms with van der Waals surface area (Å²) in [4.78, 5) is 58.7. The average molecular weight is 793 g/mol. The van der Waals surface area contributed by atoms with Crippen LogP contribution in [0.4, 0.5) is 29.3 Å². The molecule has 2 aliphatic heterocycles. The Balaban J connectivity index is 1.13. The van der Waals surface area contributed by atoms with Gasteiger partial charge in [-0.1, -0.05) is 32.9 Å². The lowest BCUT2D eigenvalue weighted by atomic mass is 9.45. The molecule has 0 radical (unpaired) electrons. The van der Waals surface area contributed by atoms with E-state index in [1.165, 1.54) is 47.2 Å². The lowest BCUT2D eigenvalue weighted by Gasteiger charge is -2.63. The Morgan fingerprint density at radius 1 is 1.07 bits per heavy atom. The van der Waals surface area contributed by atoms with Gasteiger partial charge < -0.3 is 35.3 Å². The number of alkyl halides is 3. The van der Waals surface area contributed by atoms with Gasteiger partial charge in [0.15, 0.2) is 0 Å². The number of carbonyl (C=O) groups is 3. The van der Waals surface area contributed by atoms with E-state index in [0.29, 0.717) is 29.5 Å². The lowest BCUT2D eigenvalue weighted by Crippen LogP contribution is -2.63. The molecule has 3 amide bonds. The summed E-state index contributed by atoms with van der Waals surface area (Å²) in [5.74, 6) is -0.613. The number of esters is 1. The number of urea groups is 1. The van der Waals surface area contributed by atoms with Crippen LogP contribution >= 0.6 is 0 Å². The normalized spacial score (nSPS) is 27.4. The first-order chi connectivity index (χ1) is 26.9. The number of ether oxygens (including phenoxy) is 1. The standard InChI is InChI=1S/C40H48BF3N6O7/c1-7-30(41-56-31-27-17-25(37(27,3)4)18-39(31,6)57-41)48-32(51)29-19-38(5,49-36(54)47-26-14-12-23(13-15-26)34(53)55-8-2)35-46-21-28(33(52)50(29)35)45-20-22-10-9-11-24(16-22)40(42,43)44/h9-16,21,25,27,29-31,45H,7-8,17-20H2,1-6H3,(H,48,51)(H2,47,49,54)/t25?,27?,29-,30-,31?,38+,39-/m0/s1. The summed E-state index contributed by atoms with van der Waals surface area (Å²) in [6.07, 6.45) is -1.08. The minimum Gasteiger partial charge on any atom is -0.462 e. The van der Waals surface area contributed by atoms with E-state index in [9.17, 15) is 32.3 Å². The fourth-order valence-electron chi connectivity index (χ4n) is 9.10. The van der Waals surface area contributed by atoms with Crippen molar-refractivity contribution in [1.82, 2.24) is 20.2 Å². The number of carbonyl (C=O) groups excluding carboxylic acids is 3. The van der Waals surface area contributed by atoms with E-state index in [1.807, 2.05) is 6.92 Å². The highest BCUT2D eigenvalue weighted by Crippen LogP contribution is 2.64. The molecule has 8 rings (SSSR count). The molecule has 304 valence electrons. The van der Waals surface area contributed by atoms with Crippen LogP contribution in [-0.4, -0.2) is 58.8 Å². The molecule has 3 aliphatic carbocycles. The third-order valence-electron chi connectivity index (χ3n) is 12.4. The van der Waals surface area contributed by atoms with Crippen molar-refractivity contribution in [2.45, 2.75) is 109 Å². The van der Waals surface area contributed by atoms with E-state index in [4.69, 9.17) is 14.0 Å². The van der Waals surface area contributed by atoms with Crippen molar-refractivity contribution in [3.05, 3.63) is 87.6 Å². The maximum atomic E-state index is 14.4. The number of nitrogens with zero attached hydrogens (tertiary/aromatic N) is 2. The van der Waals surface area contributed by atoms with Crippen LogP contribution in [0, 0.1) is 17.3 Å². The molecule has 17 heteroatoms. The summed E-state index contributed by atoms with van der Waals surface area (Å²) < 4.78 is 59.6. The predicted molar refractivity (Wildman–Crippen MR) is 205 cm³/mol. The number of amides is 3. The third kappa shape index (κ3) is 7.51. The number of hydrogen-bond donors (Lipinski definition) is 4. The minimum atomic E-state index is -4.54. The van der Waals surface area contributed by atoms with Gasteiger partial charge in [-0.2, -0.15) is 13.2 Å². The maximum absolute atomic E-state index is 14.4. The molecule has 2 aromatic carbocycles. The number of fused-ring (bicyclic) bond motifs is 1. The van der Waals surface area contributed by atoms with Crippen LogP contribution in [0.3, 0.4) is 0 Å². The molecular weight excluding hydrogens is 744 g/mol. The quantitative estimate of drug-likeness (QED) is 0.131. The van der Waals surface area contributed by atoms with Crippen LogP contribution in [0.25, 0.3) is 0 Å². The van der Waals surface area contributed by atoms with Gasteiger partial charge in [-0.25, -0.2) is 14.6 Å². The van der Waals surface area contributed by atoms with Crippen molar-refractivity contribution >= 4 is 36.4 Å². The van der Waals surface area contributed by atoms with Crippen molar-refractivity contribution < 1.29 is 41.6 Å². The Bertz CT molecular complexity index is 2120. The van der Waals surface area contributed by atoms with Crippen molar-refractivity contribution in [3.63, 3.8) is 0 Å². The Hall–Kier alpha value is -4.90. The number of rotatable bonds is 11. The van der Waals surface area contributed by atoms with Gasteiger partial charge in [-0.15, -0.1) is 0 Å². The van der Waals surface area contributed by atoms with Crippen molar-refractivity contribution in [3.8, 4) is 0 Å². The van der Waals surface area contributed by atoms with Crippen molar-refractivity contribution in [2.24, 2.45) is 17.3 Å². The number of aromatic nitrogens is 2. The van der Waals surface area contributed by atoms with E-state index in [0.717, 1.165) is 25.0 Å². The van der Waals surface area contributed by atoms with Gasteiger partial charge in [0, 0.05) is 18.7 Å². The maximum Gasteiger partial charge on any atom is 0.481 e. The third-order valence-corrected chi connectivity index (χ3v) is 12.4. The molecule has 3 aromatic rings.